The Kier molecular flexibility index (Phi) is 5.08. The van der Waals surface area contributed by atoms with Crippen LogP contribution in [0.3, 0.4) is 0 Å². The maximum Gasteiger partial charge on any atom is 0.333 e. The van der Waals surface area contributed by atoms with Gasteiger partial charge in [-0.25, -0.2) is 4.68 Å². The maximum atomic E-state index is 11.0. The average Bonchev–Trinajstić information content (AvgIpc) is 2.63. The lowest BCUT2D eigenvalue weighted by Crippen LogP contribution is -2.21. The van der Waals surface area contributed by atoms with Crippen molar-refractivity contribution in [1.29, 1.82) is 0 Å². The molecular weight excluding hydrogens is 236 g/mol. The second-order valence-corrected chi connectivity index (χ2v) is 4.00. The first kappa shape index (κ1) is 14.4. The maximum absolute atomic E-state index is 11.0. The highest BCUT2D eigenvalue weighted by atomic mass is 16.6. The van der Waals surface area contributed by atoms with Crippen molar-refractivity contribution in [3.63, 3.8) is 0 Å². The minimum atomic E-state index is -0.401. The molecule has 1 atom stereocenters. The lowest BCUT2D eigenvalue weighted by molar-refractivity contribution is -0.384. The van der Waals surface area contributed by atoms with E-state index in [1.807, 2.05) is 20.8 Å². The Balaban J connectivity index is 2.88. The third kappa shape index (κ3) is 3.19. The molecule has 0 aliphatic rings. The second kappa shape index (κ2) is 6.34. The van der Waals surface area contributed by atoms with Gasteiger partial charge in [-0.1, -0.05) is 0 Å². The van der Waals surface area contributed by atoms with Gasteiger partial charge in [-0.15, -0.1) is 0 Å². The van der Waals surface area contributed by atoms with Crippen LogP contribution in [0.1, 0.15) is 26.5 Å². The lowest BCUT2D eigenvalue weighted by Gasteiger charge is -2.13. The summed E-state index contributed by atoms with van der Waals surface area (Å²) >= 11 is 0. The minimum absolute atomic E-state index is 0.00452. The van der Waals surface area contributed by atoms with Gasteiger partial charge in [0.05, 0.1) is 11.0 Å². The van der Waals surface area contributed by atoms with Crippen LogP contribution in [0.5, 0.6) is 0 Å². The molecule has 7 nitrogen and oxygen atoms in total. The van der Waals surface area contributed by atoms with E-state index in [4.69, 9.17) is 4.74 Å². The van der Waals surface area contributed by atoms with Crippen molar-refractivity contribution in [2.45, 2.75) is 40.3 Å². The molecule has 102 valence electrons. The molecule has 1 aromatic heterocycles. The number of rotatable bonds is 7. The number of hydrogen-bond donors (Lipinski definition) is 1. The van der Waals surface area contributed by atoms with Gasteiger partial charge >= 0.3 is 5.69 Å². The SMILES string of the molecule is CCOC(C)CNc1c([N+](=O)[O-])c(C)nn1CC. The molecule has 0 saturated carbocycles. The van der Waals surface area contributed by atoms with Gasteiger partial charge in [-0.2, -0.15) is 5.10 Å². The molecule has 0 aliphatic heterocycles. The fourth-order valence-electron chi connectivity index (χ4n) is 1.78. The van der Waals surface area contributed by atoms with Crippen molar-refractivity contribution in [2.75, 3.05) is 18.5 Å². The number of ether oxygens (including phenoxy) is 1. The standard InChI is InChI=1S/C11H20N4O3/c1-5-14-11(12-7-8(3)18-6-2)10(15(16)17)9(4)13-14/h8,12H,5-7H2,1-4H3. The average molecular weight is 256 g/mol. The van der Waals surface area contributed by atoms with Crippen molar-refractivity contribution in [2.24, 2.45) is 0 Å². The van der Waals surface area contributed by atoms with E-state index in [2.05, 4.69) is 10.4 Å². The van der Waals surface area contributed by atoms with Crippen molar-refractivity contribution >= 4 is 11.5 Å². The van der Waals surface area contributed by atoms with Gasteiger partial charge < -0.3 is 10.1 Å². The molecule has 1 aromatic rings. The molecule has 0 saturated heterocycles. The fourth-order valence-corrected chi connectivity index (χ4v) is 1.78. The Bertz CT molecular complexity index is 417. The predicted octanol–water partition coefficient (Wildman–Crippen LogP) is 1.96. The molecule has 1 rings (SSSR count). The molecule has 1 unspecified atom stereocenters. The summed E-state index contributed by atoms with van der Waals surface area (Å²) < 4.78 is 6.99. The molecule has 0 fully saturated rings. The van der Waals surface area contributed by atoms with E-state index < -0.39 is 4.92 Å². The van der Waals surface area contributed by atoms with Gasteiger partial charge in [-0.3, -0.25) is 10.1 Å². The lowest BCUT2D eigenvalue weighted by atomic mass is 10.3. The van der Waals surface area contributed by atoms with Gasteiger partial charge in [0.1, 0.15) is 5.69 Å². The van der Waals surface area contributed by atoms with E-state index in [1.165, 1.54) is 0 Å². The highest BCUT2D eigenvalue weighted by Crippen LogP contribution is 2.27. The van der Waals surface area contributed by atoms with Crippen LogP contribution in [0.4, 0.5) is 11.5 Å². The van der Waals surface area contributed by atoms with E-state index in [9.17, 15) is 10.1 Å². The minimum Gasteiger partial charge on any atom is -0.377 e. The molecule has 0 spiro atoms. The highest BCUT2D eigenvalue weighted by Gasteiger charge is 2.24. The number of nitrogens with zero attached hydrogens (tertiary/aromatic N) is 3. The van der Waals surface area contributed by atoms with Crippen LogP contribution in [0.2, 0.25) is 0 Å². The zero-order chi connectivity index (χ0) is 13.7. The first-order valence-corrected chi connectivity index (χ1v) is 6.08. The van der Waals surface area contributed by atoms with Crippen molar-refractivity contribution < 1.29 is 9.66 Å². The van der Waals surface area contributed by atoms with Crippen LogP contribution in [-0.2, 0) is 11.3 Å². The summed E-state index contributed by atoms with van der Waals surface area (Å²) in [6, 6.07) is 0. The van der Waals surface area contributed by atoms with Gasteiger partial charge in [0.15, 0.2) is 0 Å². The van der Waals surface area contributed by atoms with Gasteiger partial charge in [0.2, 0.25) is 5.82 Å². The van der Waals surface area contributed by atoms with E-state index in [0.29, 0.717) is 31.2 Å². The molecule has 1 heterocycles. The van der Waals surface area contributed by atoms with Crippen LogP contribution in [0, 0.1) is 17.0 Å². The molecule has 0 amide bonds. The Morgan fingerprint density at radius 1 is 1.56 bits per heavy atom. The number of hydrogen-bond acceptors (Lipinski definition) is 5. The first-order valence-electron chi connectivity index (χ1n) is 6.08. The summed E-state index contributed by atoms with van der Waals surface area (Å²) in [5.41, 5.74) is 0.467. The number of aryl methyl sites for hydroxylation is 2. The van der Waals surface area contributed by atoms with E-state index in [1.54, 1.807) is 11.6 Å². The normalized spacial score (nSPS) is 12.4. The van der Waals surface area contributed by atoms with E-state index >= 15 is 0 Å². The zero-order valence-electron chi connectivity index (χ0n) is 11.3. The Morgan fingerprint density at radius 3 is 2.72 bits per heavy atom. The molecule has 7 heteroatoms. The number of nitro groups is 1. The highest BCUT2D eigenvalue weighted by molar-refractivity contribution is 5.59. The smallest absolute Gasteiger partial charge is 0.333 e. The van der Waals surface area contributed by atoms with Crippen LogP contribution < -0.4 is 5.32 Å². The van der Waals surface area contributed by atoms with Crippen LogP contribution in [0.25, 0.3) is 0 Å². The third-order valence-corrected chi connectivity index (χ3v) is 2.59. The monoisotopic (exact) mass is 256 g/mol. The van der Waals surface area contributed by atoms with E-state index in [-0.39, 0.29) is 11.8 Å². The number of nitrogens with one attached hydrogen (secondary N) is 1. The zero-order valence-corrected chi connectivity index (χ0v) is 11.3. The second-order valence-electron chi connectivity index (χ2n) is 4.00. The fraction of sp³-hybridized carbons (Fsp3) is 0.727. The van der Waals surface area contributed by atoms with Gasteiger partial charge in [0.25, 0.3) is 0 Å². The third-order valence-electron chi connectivity index (χ3n) is 2.59. The topological polar surface area (TPSA) is 82.2 Å². The summed E-state index contributed by atoms with van der Waals surface area (Å²) in [5.74, 6) is 0.451. The van der Waals surface area contributed by atoms with Crippen molar-refractivity contribution in [3.05, 3.63) is 15.8 Å². The van der Waals surface area contributed by atoms with Gasteiger partial charge in [-0.05, 0) is 27.7 Å². The largest absolute Gasteiger partial charge is 0.377 e. The molecular formula is C11H20N4O3. The number of aromatic nitrogens is 2. The molecule has 0 bridgehead atoms. The molecule has 0 aromatic carbocycles. The summed E-state index contributed by atoms with van der Waals surface area (Å²) in [6.07, 6.45) is -0.00452. The van der Waals surface area contributed by atoms with E-state index in [0.717, 1.165) is 0 Å². The van der Waals surface area contributed by atoms with Crippen LogP contribution in [0.15, 0.2) is 0 Å². The Hall–Kier alpha value is -1.63. The molecule has 0 aliphatic carbocycles. The van der Waals surface area contributed by atoms with Crippen LogP contribution >= 0.6 is 0 Å². The Labute approximate surface area is 106 Å². The Morgan fingerprint density at radius 2 is 2.22 bits per heavy atom. The van der Waals surface area contributed by atoms with Gasteiger partial charge in [0, 0.05) is 19.7 Å². The van der Waals surface area contributed by atoms with Crippen LogP contribution in [-0.4, -0.2) is 34.0 Å². The molecule has 18 heavy (non-hydrogen) atoms. The summed E-state index contributed by atoms with van der Waals surface area (Å²) in [4.78, 5) is 10.6. The molecule has 1 N–H and O–H groups in total. The number of anilines is 1. The summed E-state index contributed by atoms with van der Waals surface area (Å²) in [7, 11) is 0. The van der Waals surface area contributed by atoms with Crippen molar-refractivity contribution in [3.8, 4) is 0 Å². The summed E-state index contributed by atoms with van der Waals surface area (Å²) in [5, 5.41) is 18.2. The quantitative estimate of drug-likeness (QED) is 0.595. The van der Waals surface area contributed by atoms with Crippen molar-refractivity contribution in [1.82, 2.24) is 9.78 Å². The molecule has 0 radical (unpaired) electrons. The predicted molar refractivity (Wildman–Crippen MR) is 68.9 cm³/mol. The summed E-state index contributed by atoms with van der Waals surface area (Å²) in [6.45, 7) is 9.09. The first-order chi connectivity index (χ1) is 8.51.